The van der Waals surface area contributed by atoms with Gasteiger partial charge in [0.1, 0.15) is 18.3 Å². The van der Waals surface area contributed by atoms with Gasteiger partial charge in [0, 0.05) is 17.1 Å². The number of hydrogen-bond donors (Lipinski definition) is 1. The van der Waals surface area contributed by atoms with E-state index in [0.717, 1.165) is 16.1 Å². The van der Waals surface area contributed by atoms with Crippen LogP contribution in [0.15, 0.2) is 42.5 Å². The summed E-state index contributed by atoms with van der Waals surface area (Å²) in [6.45, 7) is 8.49. The van der Waals surface area contributed by atoms with Gasteiger partial charge in [-0.05, 0) is 70.0 Å². The Morgan fingerprint density at radius 2 is 1.80 bits per heavy atom. The smallest absolute Gasteiger partial charge is 0.244 e. The minimum Gasteiger partial charge on any atom is -0.497 e. The molecule has 0 aliphatic rings. The molecule has 0 aliphatic heterocycles. The van der Waals surface area contributed by atoms with E-state index >= 15 is 0 Å². The Morgan fingerprint density at radius 3 is 2.37 bits per heavy atom. The quantitative estimate of drug-likeness (QED) is 0.540. The molecule has 2 aromatic rings. The SMILES string of the molecule is COc1cccc(CN(C(=O)CN(c2cc(Cl)ccc2C)S(C)(=O)=O)[C@H](C)C(=O)NC(C)(C)C)c1. The Kier molecular flexibility index (Phi) is 9.19. The second-order valence-electron chi connectivity index (χ2n) is 9.49. The van der Waals surface area contributed by atoms with Crippen LogP contribution in [0, 0.1) is 6.92 Å². The maximum Gasteiger partial charge on any atom is 0.244 e. The summed E-state index contributed by atoms with van der Waals surface area (Å²) < 4.78 is 31.7. The Balaban J connectivity index is 2.47. The predicted octanol–water partition coefficient (Wildman–Crippen LogP) is 3.76. The number of methoxy groups -OCH3 is 1. The molecular formula is C25H34ClN3O5S. The lowest BCUT2D eigenvalue weighted by Gasteiger charge is -2.33. The third-order valence-corrected chi connectivity index (χ3v) is 6.63. The van der Waals surface area contributed by atoms with E-state index < -0.39 is 34.1 Å². The van der Waals surface area contributed by atoms with Gasteiger partial charge < -0.3 is 15.0 Å². The maximum atomic E-state index is 13.6. The fourth-order valence-electron chi connectivity index (χ4n) is 3.47. The average Bonchev–Trinajstić information content (AvgIpc) is 2.75. The zero-order valence-electron chi connectivity index (χ0n) is 21.3. The summed E-state index contributed by atoms with van der Waals surface area (Å²) in [6.07, 6.45) is 1.03. The molecule has 2 amide bonds. The standard InChI is InChI=1S/C25H34ClN3O5S/c1-17-11-12-20(26)14-22(17)29(35(7,32)33)16-23(30)28(18(2)24(31)27-25(3,4)5)15-19-9-8-10-21(13-19)34-6/h8-14,18H,15-16H2,1-7H3,(H,27,31)/t18-/m1/s1. The molecule has 8 nitrogen and oxygen atoms in total. The number of hydrogen-bond acceptors (Lipinski definition) is 5. The molecule has 0 heterocycles. The van der Waals surface area contributed by atoms with E-state index in [1.165, 1.54) is 11.0 Å². The molecule has 0 unspecified atom stereocenters. The van der Waals surface area contributed by atoms with Gasteiger partial charge in [0.05, 0.1) is 19.1 Å². The lowest BCUT2D eigenvalue weighted by molar-refractivity contribution is -0.140. The molecule has 1 N–H and O–H groups in total. The number of rotatable bonds is 9. The van der Waals surface area contributed by atoms with Gasteiger partial charge in [0.25, 0.3) is 0 Å². The molecule has 0 aromatic heterocycles. The number of ether oxygens (including phenoxy) is 1. The van der Waals surface area contributed by atoms with Crippen molar-refractivity contribution in [2.45, 2.75) is 52.7 Å². The zero-order chi connectivity index (χ0) is 26.6. The third kappa shape index (κ3) is 8.14. The molecule has 35 heavy (non-hydrogen) atoms. The lowest BCUT2D eigenvalue weighted by Crippen LogP contribution is -2.54. The first-order valence-corrected chi connectivity index (χ1v) is 13.3. The van der Waals surface area contributed by atoms with E-state index in [9.17, 15) is 18.0 Å². The molecule has 0 spiro atoms. The van der Waals surface area contributed by atoms with Crippen LogP contribution in [0.2, 0.25) is 5.02 Å². The topological polar surface area (TPSA) is 96.0 Å². The number of sulfonamides is 1. The molecule has 0 bridgehead atoms. The molecule has 0 aliphatic carbocycles. The van der Waals surface area contributed by atoms with Crippen LogP contribution in [-0.4, -0.2) is 56.6 Å². The number of nitrogens with zero attached hydrogens (tertiary/aromatic N) is 2. The number of carbonyl (C=O) groups excluding carboxylic acids is 2. The number of carbonyl (C=O) groups is 2. The van der Waals surface area contributed by atoms with Crippen molar-refractivity contribution in [1.29, 1.82) is 0 Å². The van der Waals surface area contributed by atoms with E-state index in [1.807, 2.05) is 26.8 Å². The molecule has 10 heteroatoms. The third-order valence-electron chi connectivity index (χ3n) is 5.27. The lowest BCUT2D eigenvalue weighted by atomic mass is 10.1. The molecule has 1 atom stereocenters. The molecule has 0 saturated carbocycles. The van der Waals surface area contributed by atoms with Gasteiger partial charge in [-0.1, -0.05) is 29.8 Å². The minimum atomic E-state index is -3.84. The van der Waals surface area contributed by atoms with Crippen LogP contribution in [0.5, 0.6) is 5.75 Å². The van der Waals surface area contributed by atoms with Gasteiger partial charge in [0.2, 0.25) is 21.8 Å². The van der Waals surface area contributed by atoms with Crippen molar-refractivity contribution in [3.8, 4) is 5.75 Å². The van der Waals surface area contributed by atoms with Gasteiger partial charge in [-0.2, -0.15) is 0 Å². The second-order valence-corrected chi connectivity index (χ2v) is 11.8. The van der Waals surface area contributed by atoms with Crippen molar-refractivity contribution < 1.29 is 22.7 Å². The highest BCUT2D eigenvalue weighted by Crippen LogP contribution is 2.27. The second kappa shape index (κ2) is 11.3. The summed E-state index contributed by atoms with van der Waals surface area (Å²) in [5.74, 6) is -0.276. The number of benzene rings is 2. The minimum absolute atomic E-state index is 0.0842. The number of halogens is 1. The first kappa shape index (κ1) is 28.5. The molecule has 2 rings (SSSR count). The van der Waals surface area contributed by atoms with Crippen molar-refractivity contribution in [2.24, 2.45) is 0 Å². The fourth-order valence-corrected chi connectivity index (χ4v) is 4.54. The maximum absolute atomic E-state index is 13.6. The number of anilines is 1. The van der Waals surface area contributed by atoms with Gasteiger partial charge in [-0.25, -0.2) is 8.42 Å². The van der Waals surface area contributed by atoms with E-state index in [4.69, 9.17) is 16.3 Å². The van der Waals surface area contributed by atoms with E-state index in [0.29, 0.717) is 22.0 Å². The van der Waals surface area contributed by atoms with Crippen LogP contribution in [0.25, 0.3) is 0 Å². The monoisotopic (exact) mass is 523 g/mol. The predicted molar refractivity (Wildman–Crippen MR) is 139 cm³/mol. The zero-order valence-corrected chi connectivity index (χ0v) is 22.8. The van der Waals surface area contributed by atoms with E-state index in [2.05, 4.69) is 5.32 Å². The summed E-state index contributed by atoms with van der Waals surface area (Å²) in [4.78, 5) is 28.0. The van der Waals surface area contributed by atoms with Gasteiger partial charge >= 0.3 is 0 Å². The Hall–Kier alpha value is -2.78. The van der Waals surface area contributed by atoms with Gasteiger partial charge in [-0.3, -0.25) is 13.9 Å². The van der Waals surface area contributed by atoms with Crippen molar-refractivity contribution in [3.05, 3.63) is 58.6 Å². The van der Waals surface area contributed by atoms with Gasteiger partial charge in [0.15, 0.2) is 0 Å². The van der Waals surface area contributed by atoms with Crippen molar-refractivity contribution >= 4 is 39.1 Å². The molecule has 0 saturated heterocycles. The normalized spacial score (nSPS) is 12.6. The van der Waals surface area contributed by atoms with E-state index in [-0.39, 0.29) is 12.5 Å². The summed E-state index contributed by atoms with van der Waals surface area (Å²) in [5, 5.41) is 3.23. The van der Waals surface area contributed by atoms with Crippen molar-refractivity contribution in [3.63, 3.8) is 0 Å². The molecule has 192 valence electrons. The first-order chi connectivity index (χ1) is 16.1. The number of amides is 2. The highest BCUT2D eigenvalue weighted by Gasteiger charge is 2.31. The first-order valence-electron chi connectivity index (χ1n) is 11.1. The Labute approximate surface area is 213 Å². The average molecular weight is 524 g/mol. The van der Waals surface area contributed by atoms with E-state index in [1.54, 1.807) is 51.3 Å². The molecule has 0 radical (unpaired) electrons. The van der Waals surface area contributed by atoms with Crippen LogP contribution in [-0.2, 0) is 26.2 Å². The molecular weight excluding hydrogens is 490 g/mol. The fraction of sp³-hybridized carbons (Fsp3) is 0.440. The Bertz CT molecular complexity index is 1180. The van der Waals surface area contributed by atoms with Crippen molar-refractivity contribution in [2.75, 3.05) is 24.2 Å². The Morgan fingerprint density at radius 1 is 1.14 bits per heavy atom. The highest BCUT2D eigenvalue weighted by atomic mass is 35.5. The largest absolute Gasteiger partial charge is 0.497 e. The van der Waals surface area contributed by atoms with Crippen LogP contribution in [0.3, 0.4) is 0 Å². The molecule has 2 aromatic carbocycles. The van der Waals surface area contributed by atoms with Crippen LogP contribution >= 0.6 is 11.6 Å². The van der Waals surface area contributed by atoms with Gasteiger partial charge in [-0.15, -0.1) is 0 Å². The van der Waals surface area contributed by atoms with Crippen molar-refractivity contribution in [1.82, 2.24) is 10.2 Å². The number of aryl methyl sites for hydroxylation is 1. The summed E-state index contributed by atoms with van der Waals surface area (Å²) in [6, 6.07) is 11.1. The number of nitrogens with one attached hydrogen (secondary N) is 1. The van der Waals surface area contributed by atoms with Crippen LogP contribution in [0.4, 0.5) is 5.69 Å². The van der Waals surface area contributed by atoms with Crippen LogP contribution in [0.1, 0.15) is 38.8 Å². The summed E-state index contributed by atoms with van der Waals surface area (Å²) in [5.41, 5.74) is 1.18. The molecule has 0 fully saturated rings. The summed E-state index contributed by atoms with van der Waals surface area (Å²) in [7, 11) is -2.30. The summed E-state index contributed by atoms with van der Waals surface area (Å²) >= 11 is 6.12. The van der Waals surface area contributed by atoms with Crippen LogP contribution < -0.4 is 14.4 Å². The highest BCUT2D eigenvalue weighted by molar-refractivity contribution is 7.92.